The third-order valence-electron chi connectivity index (χ3n) is 8.58. The van der Waals surface area contributed by atoms with Gasteiger partial charge in [-0.3, -0.25) is 4.90 Å². The third kappa shape index (κ3) is 7.33. The zero-order valence-corrected chi connectivity index (χ0v) is 27.0. The fraction of sp³-hybridized carbons (Fsp3) is 0.545. The molecule has 0 aromatic heterocycles. The zero-order valence-electron chi connectivity index (χ0n) is 26.0. The van der Waals surface area contributed by atoms with Crippen molar-refractivity contribution in [3.8, 4) is 0 Å². The molecule has 2 aliphatic rings. The van der Waals surface area contributed by atoms with E-state index >= 15 is 0 Å². The number of aliphatic hydroxyl groups excluding tert-OH is 1. The van der Waals surface area contributed by atoms with Gasteiger partial charge in [0.25, 0.3) is 0 Å². The van der Waals surface area contributed by atoms with Gasteiger partial charge in [0.2, 0.25) is 0 Å². The number of rotatable bonds is 11. The molecule has 4 rings (SSSR count). The van der Waals surface area contributed by atoms with Crippen LogP contribution in [-0.2, 0) is 36.5 Å². The Labute approximate surface area is 251 Å². The highest BCUT2D eigenvalue weighted by molar-refractivity contribution is 6.74. The average Bonchev–Trinajstić information content (AvgIpc) is 3.25. The highest BCUT2D eigenvalue weighted by Crippen LogP contribution is 2.44. The summed E-state index contributed by atoms with van der Waals surface area (Å²) in [6.07, 6.45) is 1.16. The van der Waals surface area contributed by atoms with Crippen LogP contribution in [0.15, 0.2) is 72.8 Å². The molecule has 9 heteroatoms. The molecule has 0 aliphatic carbocycles. The maximum absolute atomic E-state index is 13.5. The first-order chi connectivity index (χ1) is 19.8. The molecule has 2 fully saturated rings. The molecule has 230 valence electrons. The van der Waals surface area contributed by atoms with Crippen molar-refractivity contribution >= 4 is 14.4 Å². The van der Waals surface area contributed by atoms with Crippen LogP contribution in [0.25, 0.3) is 0 Å². The van der Waals surface area contributed by atoms with E-state index in [1.54, 1.807) is 11.0 Å². The van der Waals surface area contributed by atoms with Gasteiger partial charge < -0.3 is 28.5 Å². The quantitative estimate of drug-likeness (QED) is 0.249. The summed E-state index contributed by atoms with van der Waals surface area (Å²) >= 11 is 0. The summed E-state index contributed by atoms with van der Waals surface area (Å²) in [7, 11) is -2.26. The summed E-state index contributed by atoms with van der Waals surface area (Å²) in [5.74, 6) is -1.02. The molecule has 1 amide bonds. The Morgan fingerprint density at radius 1 is 1.02 bits per heavy atom. The standard InChI is InChI=1S/C33H47NO7Si/c1-31(2,3)42(6,7)39-24-33(23-38-30(36)34(33)21-25-15-10-8-11-16-25)29-28(37-22-26-17-12-9-13-18-26)27(19-14-20-35)40-32(4,5)41-29/h8-19,27-29,35H,20-24H2,1-7H3/b19-14+/t27-,28+,29-,33+/m0/s1. The van der Waals surface area contributed by atoms with Crippen LogP contribution in [0.4, 0.5) is 4.79 Å². The molecule has 2 aromatic rings. The lowest BCUT2D eigenvalue weighted by atomic mass is 9.85. The van der Waals surface area contributed by atoms with Crippen molar-refractivity contribution in [1.29, 1.82) is 0 Å². The molecule has 0 spiro atoms. The Morgan fingerprint density at radius 3 is 2.24 bits per heavy atom. The van der Waals surface area contributed by atoms with E-state index in [9.17, 15) is 9.90 Å². The molecular formula is C33H47NO7Si. The minimum absolute atomic E-state index is 0.0483. The largest absolute Gasteiger partial charge is 0.447 e. The Kier molecular flexibility index (Phi) is 10.0. The van der Waals surface area contributed by atoms with Crippen LogP contribution in [0.3, 0.4) is 0 Å². The highest BCUT2D eigenvalue weighted by Gasteiger charge is 2.61. The van der Waals surface area contributed by atoms with Gasteiger partial charge in [0.05, 0.1) is 19.8 Å². The lowest BCUT2D eigenvalue weighted by molar-refractivity contribution is -0.348. The molecule has 8 nitrogen and oxygen atoms in total. The smallest absolute Gasteiger partial charge is 0.410 e. The van der Waals surface area contributed by atoms with E-state index in [0.717, 1.165) is 11.1 Å². The number of ether oxygens (including phenoxy) is 4. The van der Waals surface area contributed by atoms with Gasteiger partial charge in [-0.2, -0.15) is 0 Å². The van der Waals surface area contributed by atoms with Crippen LogP contribution in [0.5, 0.6) is 0 Å². The Morgan fingerprint density at radius 2 is 1.64 bits per heavy atom. The van der Waals surface area contributed by atoms with Crippen molar-refractivity contribution in [1.82, 2.24) is 4.90 Å². The fourth-order valence-electron chi connectivity index (χ4n) is 5.15. The Hall–Kier alpha value is -2.53. The fourth-order valence-corrected chi connectivity index (χ4v) is 6.19. The molecule has 42 heavy (non-hydrogen) atoms. The number of amides is 1. The summed E-state index contributed by atoms with van der Waals surface area (Å²) in [6, 6.07) is 19.8. The molecule has 2 saturated heterocycles. The van der Waals surface area contributed by atoms with E-state index in [1.165, 1.54) is 0 Å². The molecule has 0 radical (unpaired) electrons. The first kappa shape index (κ1) is 32.4. The van der Waals surface area contributed by atoms with Gasteiger partial charge in [-0.05, 0) is 43.1 Å². The monoisotopic (exact) mass is 597 g/mol. The van der Waals surface area contributed by atoms with Crippen molar-refractivity contribution < 1.29 is 33.3 Å². The minimum Gasteiger partial charge on any atom is -0.447 e. The predicted octanol–water partition coefficient (Wildman–Crippen LogP) is 6.05. The molecule has 0 bridgehead atoms. The summed E-state index contributed by atoms with van der Waals surface area (Å²) in [5.41, 5.74) is 0.950. The third-order valence-corrected chi connectivity index (χ3v) is 13.1. The minimum atomic E-state index is -2.26. The molecule has 2 heterocycles. The SMILES string of the molecule is CC1(C)O[C@@H](/C=C/CO)[C@@H](OCc2ccccc2)[C@@H]([C@]2(CO[Si](C)(C)C(C)(C)C)COC(=O)N2Cc2ccccc2)O1. The normalized spacial score (nSPS) is 26.5. The number of hydrogen-bond donors (Lipinski definition) is 1. The van der Waals surface area contributed by atoms with Crippen molar-refractivity contribution in [3.63, 3.8) is 0 Å². The number of hydrogen-bond acceptors (Lipinski definition) is 7. The molecule has 1 N–H and O–H groups in total. The van der Waals surface area contributed by atoms with Gasteiger partial charge in [0.1, 0.15) is 30.5 Å². The topological polar surface area (TPSA) is 86.7 Å². The first-order valence-electron chi connectivity index (χ1n) is 14.7. The second-order valence-corrected chi connectivity index (χ2v) is 18.0. The van der Waals surface area contributed by atoms with E-state index in [0.29, 0.717) is 13.2 Å². The van der Waals surface area contributed by atoms with Crippen LogP contribution in [0, 0.1) is 0 Å². The lowest BCUT2D eigenvalue weighted by Gasteiger charge is -2.53. The van der Waals surface area contributed by atoms with E-state index in [4.69, 9.17) is 23.4 Å². The van der Waals surface area contributed by atoms with Gasteiger partial charge in [0, 0.05) is 6.54 Å². The molecule has 0 saturated carbocycles. The van der Waals surface area contributed by atoms with E-state index in [2.05, 4.69) is 33.9 Å². The molecule has 2 aromatic carbocycles. The maximum atomic E-state index is 13.5. The number of carbonyl (C=O) groups excluding carboxylic acids is 1. The Bertz CT molecular complexity index is 1200. The van der Waals surface area contributed by atoms with Gasteiger partial charge >= 0.3 is 6.09 Å². The van der Waals surface area contributed by atoms with Crippen molar-refractivity contribution in [2.24, 2.45) is 0 Å². The van der Waals surface area contributed by atoms with E-state index in [-0.39, 0.29) is 24.9 Å². The second-order valence-electron chi connectivity index (χ2n) is 13.2. The summed E-state index contributed by atoms with van der Waals surface area (Å²) in [5, 5.41) is 9.59. The van der Waals surface area contributed by atoms with Crippen LogP contribution in [0.1, 0.15) is 45.7 Å². The van der Waals surface area contributed by atoms with Gasteiger partial charge in [-0.15, -0.1) is 0 Å². The first-order valence-corrected chi connectivity index (χ1v) is 17.6. The molecular weight excluding hydrogens is 550 g/mol. The summed E-state index contributed by atoms with van der Waals surface area (Å²) < 4.78 is 32.5. The van der Waals surface area contributed by atoms with Gasteiger partial charge in [-0.1, -0.05) is 93.6 Å². The molecule has 2 aliphatic heterocycles. The average molecular weight is 598 g/mol. The molecule has 4 atom stereocenters. The van der Waals surface area contributed by atoms with E-state index in [1.807, 2.05) is 80.6 Å². The van der Waals surface area contributed by atoms with E-state index < -0.39 is 44.0 Å². The van der Waals surface area contributed by atoms with Crippen LogP contribution < -0.4 is 0 Å². The highest BCUT2D eigenvalue weighted by atomic mass is 28.4. The number of cyclic esters (lactones) is 1. The number of nitrogens with zero attached hydrogens (tertiary/aromatic N) is 1. The Balaban J connectivity index is 1.81. The van der Waals surface area contributed by atoms with Gasteiger partial charge in [0.15, 0.2) is 14.1 Å². The number of carbonyl (C=O) groups is 1. The van der Waals surface area contributed by atoms with Crippen LogP contribution in [0.2, 0.25) is 18.1 Å². The van der Waals surface area contributed by atoms with Crippen molar-refractivity contribution in [2.75, 3.05) is 19.8 Å². The molecule has 0 unspecified atom stereocenters. The maximum Gasteiger partial charge on any atom is 0.410 e. The van der Waals surface area contributed by atoms with Gasteiger partial charge in [-0.25, -0.2) is 4.79 Å². The zero-order chi connectivity index (χ0) is 30.6. The summed E-state index contributed by atoms with van der Waals surface area (Å²) in [4.78, 5) is 15.3. The van der Waals surface area contributed by atoms with Crippen LogP contribution >= 0.6 is 0 Å². The van der Waals surface area contributed by atoms with Crippen molar-refractivity contribution in [3.05, 3.63) is 83.9 Å². The lowest BCUT2D eigenvalue weighted by Crippen LogP contribution is -2.70. The number of benzene rings is 2. The second kappa shape index (κ2) is 13.0. The number of aliphatic hydroxyl groups is 1. The van der Waals surface area contributed by atoms with Crippen molar-refractivity contribution in [2.45, 2.75) is 95.5 Å². The summed E-state index contributed by atoms with van der Waals surface area (Å²) in [6.45, 7) is 15.5. The predicted molar refractivity (Wildman–Crippen MR) is 164 cm³/mol. The van der Waals surface area contributed by atoms with Crippen LogP contribution in [-0.4, -0.2) is 73.9 Å².